The molecule has 1 fully saturated rings. The summed E-state index contributed by atoms with van der Waals surface area (Å²) in [5, 5.41) is 3.68. The zero-order chi connectivity index (χ0) is 13.8. The predicted molar refractivity (Wildman–Crippen MR) is 74.4 cm³/mol. The van der Waals surface area contributed by atoms with E-state index in [2.05, 4.69) is 10.2 Å². The number of nitrogens with zero attached hydrogens (tertiary/aromatic N) is 1. The second-order valence-corrected chi connectivity index (χ2v) is 4.64. The molecule has 1 aliphatic heterocycles. The van der Waals surface area contributed by atoms with E-state index in [9.17, 15) is 4.79 Å². The third kappa shape index (κ3) is 2.93. The molecule has 0 aliphatic carbocycles. The standard InChI is InChI=1S/C13H17ClN2O3/c1-18-12-8-11(16-5-3-15-4-6-16)9(7-10(12)14)13(17)19-2/h7-8,15H,3-6H2,1-2H3. The summed E-state index contributed by atoms with van der Waals surface area (Å²) < 4.78 is 10.0. The van der Waals surface area contributed by atoms with E-state index in [1.165, 1.54) is 7.11 Å². The lowest BCUT2D eigenvalue weighted by molar-refractivity contribution is 0.0601. The third-order valence-electron chi connectivity index (χ3n) is 3.13. The average Bonchev–Trinajstić information content (AvgIpc) is 2.47. The van der Waals surface area contributed by atoms with Crippen molar-refractivity contribution < 1.29 is 14.3 Å². The maximum Gasteiger partial charge on any atom is 0.340 e. The fourth-order valence-electron chi connectivity index (χ4n) is 2.14. The monoisotopic (exact) mass is 284 g/mol. The SMILES string of the molecule is COC(=O)c1cc(Cl)c(OC)cc1N1CCNCC1. The van der Waals surface area contributed by atoms with Gasteiger partial charge in [0.15, 0.2) is 0 Å². The molecule has 6 heteroatoms. The molecule has 0 aromatic heterocycles. The Labute approximate surface area is 117 Å². The zero-order valence-electron chi connectivity index (χ0n) is 11.0. The highest BCUT2D eigenvalue weighted by atomic mass is 35.5. The lowest BCUT2D eigenvalue weighted by Gasteiger charge is -2.31. The number of esters is 1. The number of hydrogen-bond acceptors (Lipinski definition) is 5. The summed E-state index contributed by atoms with van der Waals surface area (Å²) >= 11 is 6.08. The largest absolute Gasteiger partial charge is 0.495 e. The molecule has 1 N–H and O–H groups in total. The molecule has 0 amide bonds. The maximum atomic E-state index is 11.9. The molecule has 2 rings (SSSR count). The van der Waals surface area contributed by atoms with Gasteiger partial charge in [-0.1, -0.05) is 11.6 Å². The van der Waals surface area contributed by atoms with Gasteiger partial charge in [-0.3, -0.25) is 0 Å². The normalized spacial score (nSPS) is 15.2. The lowest BCUT2D eigenvalue weighted by atomic mass is 10.1. The van der Waals surface area contributed by atoms with Gasteiger partial charge in [0.25, 0.3) is 0 Å². The van der Waals surface area contributed by atoms with Crippen LogP contribution >= 0.6 is 11.6 Å². The second kappa shape index (κ2) is 6.12. The number of carbonyl (C=O) groups excluding carboxylic acids is 1. The second-order valence-electron chi connectivity index (χ2n) is 4.23. The molecule has 0 bridgehead atoms. The Bertz CT molecular complexity index is 473. The number of methoxy groups -OCH3 is 2. The minimum absolute atomic E-state index is 0.391. The van der Waals surface area contributed by atoms with Crippen LogP contribution in [0.5, 0.6) is 5.75 Å². The van der Waals surface area contributed by atoms with Gasteiger partial charge in [-0.05, 0) is 6.07 Å². The van der Waals surface area contributed by atoms with E-state index in [4.69, 9.17) is 21.1 Å². The quantitative estimate of drug-likeness (QED) is 0.854. The maximum absolute atomic E-state index is 11.9. The van der Waals surface area contributed by atoms with E-state index in [0.29, 0.717) is 16.3 Å². The Kier molecular flexibility index (Phi) is 4.50. The summed E-state index contributed by atoms with van der Waals surface area (Å²) in [4.78, 5) is 14.0. The topological polar surface area (TPSA) is 50.8 Å². The van der Waals surface area contributed by atoms with Gasteiger partial charge < -0.3 is 19.7 Å². The number of benzene rings is 1. The Morgan fingerprint density at radius 1 is 1.32 bits per heavy atom. The van der Waals surface area contributed by atoms with E-state index in [1.807, 2.05) is 0 Å². The van der Waals surface area contributed by atoms with Gasteiger partial charge in [0, 0.05) is 32.2 Å². The molecule has 0 saturated carbocycles. The zero-order valence-corrected chi connectivity index (χ0v) is 11.8. The number of nitrogens with one attached hydrogen (secondary N) is 1. The van der Waals surface area contributed by atoms with Crippen LogP contribution in [0, 0.1) is 0 Å². The van der Waals surface area contributed by atoms with Gasteiger partial charge >= 0.3 is 5.97 Å². The van der Waals surface area contributed by atoms with Gasteiger partial charge in [-0.15, -0.1) is 0 Å². The van der Waals surface area contributed by atoms with Crippen LogP contribution < -0.4 is 15.0 Å². The molecule has 1 saturated heterocycles. The molecular weight excluding hydrogens is 268 g/mol. The summed E-state index contributed by atoms with van der Waals surface area (Å²) in [5.41, 5.74) is 1.27. The average molecular weight is 285 g/mol. The molecule has 0 spiro atoms. The Morgan fingerprint density at radius 2 is 2.00 bits per heavy atom. The molecular formula is C13H17ClN2O3. The lowest BCUT2D eigenvalue weighted by Crippen LogP contribution is -2.44. The van der Waals surface area contributed by atoms with Gasteiger partial charge in [-0.2, -0.15) is 0 Å². The van der Waals surface area contributed by atoms with Gasteiger partial charge in [0.05, 0.1) is 30.5 Å². The molecule has 19 heavy (non-hydrogen) atoms. The van der Waals surface area contributed by atoms with Crippen molar-refractivity contribution in [2.24, 2.45) is 0 Å². The summed E-state index contributed by atoms with van der Waals surface area (Å²) in [5.74, 6) is 0.168. The molecule has 0 unspecified atom stereocenters. The summed E-state index contributed by atoms with van der Waals surface area (Å²) in [7, 11) is 2.92. The molecule has 5 nitrogen and oxygen atoms in total. The fourth-order valence-corrected chi connectivity index (χ4v) is 2.38. The van der Waals surface area contributed by atoms with Crippen LogP contribution in [-0.2, 0) is 4.74 Å². The first kappa shape index (κ1) is 14.0. The molecule has 1 aliphatic rings. The highest BCUT2D eigenvalue weighted by molar-refractivity contribution is 6.32. The van der Waals surface area contributed by atoms with Crippen LogP contribution in [0.4, 0.5) is 5.69 Å². The van der Waals surface area contributed by atoms with Crippen molar-refractivity contribution in [1.29, 1.82) is 0 Å². The number of halogens is 1. The number of piperazine rings is 1. The summed E-state index contributed by atoms with van der Waals surface area (Å²) in [6.45, 7) is 3.42. The third-order valence-corrected chi connectivity index (χ3v) is 3.43. The fraction of sp³-hybridized carbons (Fsp3) is 0.462. The van der Waals surface area contributed by atoms with Crippen molar-refractivity contribution >= 4 is 23.3 Å². The van der Waals surface area contributed by atoms with Gasteiger partial charge in [0.2, 0.25) is 0 Å². The number of rotatable bonds is 3. The highest BCUT2D eigenvalue weighted by Crippen LogP contribution is 2.33. The van der Waals surface area contributed by atoms with Crippen LogP contribution in [0.1, 0.15) is 10.4 Å². The smallest absolute Gasteiger partial charge is 0.340 e. The number of hydrogen-bond donors (Lipinski definition) is 1. The van der Waals surface area contributed by atoms with Crippen molar-refractivity contribution in [2.75, 3.05) is 45.3 Å². The van der Waals surface area contributed by atoms with Crippen molar-refractivity contribution in [3.8, 4) is 5.75 Å². The number of anilines is 1. The summed E-state index contributed by atoms with van der Waals surface area (Å²) in [6.07, 6.45) is 0. The Morgan fingerprint density at radius 3 is 2.58 bits per heavy atom. The first-order valence-corrected chi connectivity index (χ1v) is 6.46. The predicted octanol–water partition coefficient (Wildman–Crippen LogP) is 1.54. The number of carbonyl (C=O) groups is 1. The molecule has 1 aromatic carbocycles. The van der Waals surface area contributed by atoms with Gasteiger partial charge in [-0.25, -0.2) is 4.79 Å². The van der Waals surface area contributed by atoms with Crippen LogP contribution in [0.3, 0.4) is 0 Å². The van der Waals surface area contributed by atoms with E-state index in [0.717, 1.165) is 31.9 Å². The molecule has 0 atom stereocenters. The van der Waals surface area contributed by atoms with Crippen molar-refractivity contribution in [2.45, 2.75) is 0 Å². The minimum Gasteiger partial charge on any atom is -0.495 e. The van der Waals surface area contributed by atoms with E-state index < -0.39 is 5.97 Å². The van der Waals surface area contributed by atoms with Crippen LogP contribution in [-0.4, -0.2) is 46.4 Å². The highest BCUT2D eigenvalue weighted by Gasteiger charge is 2.21. The molecule has 1 aromatic rings. The minimum atomic E-state index is -0.391. The van der Waals surface area contributed by atoms with E-state index in [1.54, 1.807) is 19.2 Å². The molecule has 0 radical (unpaired) electrons. The molecule has 104 valence electrons. The summed E-state index contributed by atoms with van der Waals surface area (Å²) in [6, 6.07) is 3.39. The van der Waals surface area contributed by atoms with Crippen LogP contribution in [0.25, 0.3) is 0 Å². The first-order valence-electron chi connectivity index (χ1n) is 6.09. The van der Waals surface area contributed by atoms with Crippen molar-refractivity contribution in [3.63, 3.8) is 0 Å². The Hall–Kier alpha value is -1.46. The van der Waals surface area contributed by atoms with Crippen molar-refractivity contribution in [3.05, 3.63) is 22.7 Å². The van der Waals surface area contributed by atoms with E-state index >= 15 is 0 Å². The van der Waals surface area contributed by atoms with Gasteiger partial charge in [0.1, 0.15) is 5.75 Å². The van der Waals surface area contributed by atoms with Crippen LogP contribution in [0.15, 0.2) is 12.1 Å². The van der Waals surface area contributed by atoms with E-state index in [-0.39, 0.29) is 0 Å². The first-order chi connectivity index (χ1) is 9.17. The number of ether oxygens (including phenoxy) is 2. The molecule has 1 heterocycles. The van der Waals surface area contributed by atoms with Crippen LogP contribution in [0.2, 0.25) is 5.02 Å². The Balaban J connectivity index is 2.44. The van der Waals surface area contributed by atoms with Crippen molar-refractivity contribution in [1.82, 2.24) is 5.32 Å².